The summed E-state index contributed by atoms with van der Waals surface area (Å²) in [6.45, 7) is 0. The Morgan fingerprint density at radius 3 is 2.84 bits per heavy atom. The Balaban J connectivity index is 1.76. The molecule has 5 heteroatoms. The van der Waals surface area contributed by atoms with Crippen LogP contribution in [0.5, 0.6) is 0 Å². The number of nitrogens with one attached hydrogen (secondary N) is 1. The first-order valence-electron chi connectivity index (χ1n) is 6.60. The zero-order valence-electron chi connectivity index (χ0n) is 10.5. The lowest BCUT2D eigenvalue weighted by molar-refractivity contribution is -0.123. The Bertz CT molecular complexity index is 514. The van der Waals surface area contributed by atoms with Gasteiger partial charge in [-0.05, 0) is 46.8 Å². The van der Waals surface area contributed by atoms with E-state index in [1.54, 1.807) is 0 Å². The van der Waals surface area contributed by atoms with Crippen molar-refractivity contribution in [2.45, 2.75) is 36.7 Å². The number of halogens is 1. The van der Waals surface area contributed by atoms with Gasteiger partial charge in [0, 0.05) is 26.4 Å². The van der Waals surface area contributed by atoms with Gasteiger partial charge in [-0.2, -0.15) is 0 Å². The SMILES string of the molecule is O=C1Nc2cc(SCC3CCCC3)c(Br)cc2C1O. The van der Waals surface area contributed by atoms with E-state index in [9.17, 15) is 9.90 Å². The molecule has 1 aliphatic heterocycles. The number of hydrogen-bond donors (Lipinski definition) is 2. The van der Waals surface area contributed by atoms with Crippen molar-refractivity contribution in [2.75, 3.05) is 11.1 Å². The summed E-state index contributed by atoms with van der Waals surface area (Å²) in [5.41, 5.74) is 1.41. The van der Waals surface area contributed by atoms with Crippen LogP contribution >= 0.6 is 27.7 Å². The number of hydrogen-bond acceptors (Lipinski definition) is 3. The fourth-order valence-electron chi connectivity index (χ4n) is 2.74. The summed E-state index contributed by atoms with van der Waals surface area (Å²) in [7, 11) is 0. The van der Waals surface area contributed by atoms with Gasteiger partial charge in [0.1, 0.15) is 0 Å². The standard InChI is InChI=1S/C14H16BrNO2S/c15-10-5-9-11(16-14(18)13(9)17)6-12(10)19-7-8-3-1-2-4-8/h5-6,8,13,17H,1-4,7H2,(H,16,18). The van der Waals surface area contributed by atoms with E-state index >= 15 is 0 Å². The van der Waals surface area contributed by atoms with Crippen LogP contribution in [0.2, 0.25) is 0 Å². The van der Waals surface area contributed by atoms with Crippen molar-refractivity contribution in [3.63, 3.8) is 0 Å². The molecule has 1 saturated carbocycles. The summed E-state index contributed by atoms with van der Waals surface area (Å²) in [4.78, 5) is 12.6. The number of benzene rings is 1. The van der Waals surface area contributed by atoms with Crippen LogP contribution in [0.4, 0.5) is 5.69 Å². The molecule has 3 nitrogen and oxygen atoms in total. The molecule has 1 aromatic carbocycles. The van der Waals surface area contributed by atoms with Crippen LogP contribution in [0.15, 0.2) is 21.5 Å². The van der Waals surface area contributed by atoms with Gasteiger partial charge in [-0.25, -0.2) is 0 Å². The van der Waals surface area contributed by atoms with E-state index in [0.29, 0.717) is 5.56 Å². The number of carbonyl (C=O) groups is 1. The highest BCUT2D eigenvalue weighted by atomic mass is 79.9. The van der Waals surface area contributed by atoms with E-state index in [0.717, 1.165) is 26.7 Å². The number of anilines is 1. The molecular formula is C14H16BrNO2S. The summed E-state index contributed by atoms with van der Waals surface area (Å²) < 4.78 is 0.963. The molecule has 2 aliphatic rings. The van der Waals surface area contributed by atoms with Crippen molar-refractivity contribution in [3.05, 3.63) is 22.2 Å². The Morgan fingerprint density at radius 2 is 2.11 bits per heavy atom. The highest BCUT2D eigenvalue weighted by molar-refractivity contribution is 9.10. The molecule has 2 N–H and O–H groups in total. The first-order valence-corrected chi connectivity index (χ1v) is 8.38. The highest BCUT2D eigenvalue weighted by Crippen LogP contribution is 2.40. The minimum atomic E-state index is -1.03. The lowest BCUT2D eigenvalue weighted by Gasteiger charge is -2.11. The van der Waals surface area contributed by atoms with Gasteiger partial charge >= 0.3 is 0 Å². The molecular weight excluding hydrogens is 326 g/mol. The predicted octanol–water partition coefficient (Wildman–Crippen LogP) is 3.72. The smallest absolute Gasteiger partial charge is 0.257 e. The first-order chi connectivity index (χ1) is 9.15. The third-order valence-electron chi connectivity index (χ3n) is 3.85. The lowest BCUT2D eigenvalue weighted by atomic mass is 10.1. The molecule has 1 atom stereocenters. The number of amides is 1. The zero-order valence-corrected chi connectivity index (χ0v) is 12.9. The van der Waals surface area contributed by atoms with Gasteiger partial charge in [-0.15, -0.1) is 11.8 Å². The van der Waals surface area contributed by atoms with E-state index < -0.39 is 6.10 Å². The molecule has 0 saturated heterocycles. The minimum Gasteiger partial charge on any atom is -0.378 e. The summed E-state index contributed by atoms with van der Waals surface area (Å²) in [5.74, 6) is 1.62. The summed E-state index contributed by atoms with van der Waals surface area (Å²) in [6.07, 6.45) is 4.37. The first kappa shape index (κ1) is 13.5. The number of fused-ring (bicyclic) bond motifs is 1. The third-order valence-corrected chi connectivity index (χ3v) is 6.06. The summed E-state index contributed by atoms with van der Waals surface area (Å²) in [6, 6.07) is 3.82. The van der Waals surface area contributed by atoms with E-state index in [-0.39, 0.29) is 5.91 Å². The van der Waals surface area contributed by atoms with E-state index in [4.69, 9.17) is 0 Å². The molecule has 0 radical (unpaired) electrons. The van der Waals surface area contributed by atoms with Crippen molar-refractivity contribution in [2.24, 2.45) is 5.92 Å². The van der Waals surface area contributed by atoms with Crippen LogP contribution in [0.1, 0.15) is 37.4 Å². The second-order valence-electron chi connectivity index (χ2n) is 5.22. The Labute approximate surface area is 125 Å². The monoisotopic (exact) mass is 341 g/mol. The Kier molecular flexibility index (Phi) is 3.87. The molecule has 19 heavy (non-hydrogen) atoms. The molecule has 1 amide bonds. The van der Waals surface area contributed by atoms with Crippen LogP contribution in [-0.4, -0.2) is 16.8 Å². The molecule has 1 fully saturated rings. The van der Waals surface area contributed by atoms with Gasteiger partial charge in [-0.3, -0.25) is 4.79 Å². The van der Waals surface area contributed by atoms with Gasteiger partial charge in [0.25, 0.3) is 5.91 Å². The molecule has 0 aromatic heterocycles. The average molecular weight is 342 g/mol. The molecule has 1 aliphatic carbocycles. The van der Waals surface area contributed by atoms with Crippen molar-refractivity contribution >= 4 is 39.3 Å². The van der Waals surface area contributed by atoms with Gasteiger partial charge in [0.05, 0.1) is 0 Å². The Morgan fingerprint density at radius 1 is 1.37 bits per heavy atom. The summed E-state index contributed by atoms with van der Waals surface area (Å²) >= 11 is 5.37. The number of aliphatic hydroxyl groups excluding tert-OH is 1. The topological polar surface area (TPSA) is 49.3 Å². The zero-order chi connectivity index (χ0) is 13.4. The normalized spacial score (nSPS) is 22.6. The van der Waals surface area contributed by atoms with E-state index in [1.807, 2.05) is 23.9 Å². The number of rotatable bonds is 3. The third kappa shape index (κ3) is 2.69. The van der Waals surface area contributed by atoms with E-state index in [1.165, 1.54) is 25.7 Å². The number of thioether (sulfide) groups is 1. The van der Waals surface area contributed by atoms with Crippen LogP contribution in [0.25, 0.3) is 0 Å². The maximum absolute atomic E-state index is 11.4. The van der Waals surface area contributed by atoms with Crippen molar-refractivity contribution in [3.8, 4) is 0 Å². The molecule has 3 rings (SSSR count). The summed E-state index contributed by atoms with van der Waals surface area (Å²) in [5, 5.41) is 12.4. The maximum Gasteiger partial charge on any atom is 0.257 e. The molecule has 0 spiro atoms. The van der Waals surface area contributed by atoms with Crippen LogP contribution in [-0.2, 0) is 4.79 Å². The highest BCUT2D eigenvalue weighted by Gasteiger charge is 2.29. The minimum absolute atomic E-state index is 0.333. The lowest BCUT2D eigenvalue weighted by Crippen LogP contribution is -2.10. The molecule has 1 unspecified atom stereocenters. The van der Waals surface area contributed by atoms with E-state index in [2.05, 4.69) is 21.2 Å². The fraction of sp³-hybridized carbons (Fsp3) is 0.500. The van der Waals surface area contributed by atoms with Gasteiger partial charge in [0.2, 0.25) is 0 Å². The average Bonchev–Trinajstić information content (AvgIpc) is 2.98. The van der Waals surface area contributed by atoms with Gasteiger partial charge < -0.3 is 10.4 Å². The Hall–Kier alpha value is -0.520. The fourth-order valence-corrected chi connectivity index (χ4v) is 4.59. The quantitative estimate of drug-likeness (QED) is 0.823. The van der Waals surface area contributed by atoms with Crippen LogP contribution in [0, 0.1) is 5.92 Å². The van der Waals surface area contributed by atoms with Gasteiger partial charge in [-0.1, -0.05) is 12.8 Å². The van der Waals surface area contributed by atoms with Crippen molar-refractivity contribution < 1.29 is 9.90 Å². The van der Waals surface area contributed by atoms with Crippen molar-refractivity contribution in [1.29, 1.82) is 0 Å². The number of carbonyl (C=O) groups excluding carboxylic acids is 1. The van der Waals surface area contributed by atoms with Gasteiger partial charge in [0.15, 0.2) is 6.10 Å². The van der Waals surface area contributed by atoms with Crippen LogP contribution < -0.4 is 5.32 Å². The number of aliphatic hydroxyl groups is 1. The second kappa shape index (κ2) is 5.46. The maximum atomic E-state index is 11.4. The molecule has 0 bridgehead atoms. The second-order valence-corrected chi connectivity index (χ2v) is 7.14. The van der Waals surface area contributed by atoms with Crippen molar-refractivity contribution in [1.82, 2.24) is 0 Å². The predicted molar refractivity (Wildman–Crippen MR) is 80.4 cm³/mol. The molecule has 1 heterocycles. The molecule has 102 valence electrons. The molecule has 1 aromatic rings. The van der Waals surface area contributed by atoms with Crippen LogP contribution in [0.3, 0.4) is 0 Å². The largest absolute Gasteiger partial charge is 0.378 e.